The zero-order valence-corrected chi connectivity index (χ0v) is 24.2. The number of benzene rings is 2. The summed E-state index contributed by atoms with van der Waals surface area (Å²) in [7, 11) is 0. The van der Waals surface area contributed by atoms with Crippen molar-refractivity contribution >= 4 is 17.8 Å². The Morgan fingerprint density at radius 1 is 1.05 bits per heavy atom. The van der Waals surface area contributed by atoms with Crippen LogP contribution in [0, 0.1) is 6.92 Å². The molecule has 9 heteroatoms. The third-order valence-corrected chi connectivity index (χ3v) is 6.80. The molecule has 3 aromatic rings. The van der Waals surface area contributed by atoms with Crippen molar-refractivity contribution in [2.24, 2.45) is 5.73 Å². The maximum absolute atomic E-state index is 12.7. The lowest BCUT2D eigenvalue weighted by Crippen LogP contribution is -2.30. The van der Waals surface area contributed by atoms with E-state index in [9.17, 15) is 9.59 Å². The van der Waals surface area contributed by atoms with Gasteiger partial charge in [-0.25, -0.2) is 14.6 Å². The lowest BCUT2D eigenvalue weighted by Gasteiger charge is -2.21. The number of urea groups is 1. The number of hydrogen-bond acceptors (Lipinski definition) is 5. The number of imidazole rings is 1. The first kappa shape index (κ1) is 30.5. The number of unbranched alkanes of at least 4 members (excludes halogenated alkanes) is 2. The number of nitrogens with zero attached hydrogens (tertiary/aromatic N) is 2. The van der Waals surface area contributed by atoms with Crippen molar-refractivity contribution in [2.75, 3.05) is 18.5 Å². The molecule has 0 saturated carbocycles. The van der Waals surface area contributed by atoms with E-state index in [0.717, 1.165) is 66.6 Å². The van der Waals surface area contributed by atoms with Gasteiger partial charge in [0.2, 0.25) is 0 Å². The van der Waals surface area contributed by atoms with Gasteiger partial charge in [0.05, 0.1) is 24.3 Å². The molecule has 0 spiro atoms. The number of carbonyl (C=O) groups is 2. The lowest BCUT2D eigenvalue weighted by atomic mass is 10.00. The molecule has 0 aliphatic heterocycles. The maximum Gasteiger partial charge on any atom is 0.410 e. The van der Waals surface area contributed by atoms with Crippen molar-refractivity contribution in [3.63, 3.8) is 0 Å². The molecule has 0 saturated heterocycles. The predicted molar refractivity (Wildman–Crippen MR) is 159 cm³/mol. The van der Waals surface area contributed by atoms with Gasteiger partial charge in [-0.1, -0.05) is 63.9 Å². The molecule has 1 heterocycles. The molecule has 216 valence electrons. The van der Waals surface area contributed by atoms with Crippen molar-refractivity contribution < 1.29 is 19.1 Å². The highest BCUT2D eigenvalue weighted by Gasteiger charge is 2.21. The molecule has 0 aliphatic rings. The van der Waals surface area contributed by atoms with E-state index in [1.165, 1.54) is 0 Å². The average molecular weight is 550 g/mol. The summed E-state index contributed by atoms with van der Waals surface area (Å²) in [5.74, 6) is 0.504. The molecule has 0 unspecified atom stereocenters. The zero-order valence-electron chi connectivity index (χ0n) is 24.2. The number of aryl methyl sites for hydroxylation is 2. The smallest absolute Gasteiger partial charge is 0.410 e. The number of nitrogens with one attached hydrogen (secondary N) is 2. The van der Waals surface area contributed by atoms with Crippen LogP contribution >= 0.6 is 0 Å². The topological polar surface area (TPSA) is 120 Å². The van der Waals surface area contributed by atoms with Crippen LogP contribution < -0.4 is 25.8 Å². The Morgan fingerprint density at radius 3 is 2.48 bits per heavy atom. The van der Waals surface area contributed by atoms with Crippen molar-refractivity contribution in [1.29, 1.82) is 0 Å². The van der Waals surface area contributed by atoms with Crippen LogP contribution in [-0.4, -0.2) is 34.8 Å². The SMILES string of the molecule is CCCCNC(=O)Nc1c(C)c(CCCC)cc(OC(N)=O)c1OCCCn1cnc(-c2ccccc2)c1CC. The molecule has 1 aromatic heterocycles. The Labute approximate surface area is 237 Å². The Bertz CT molecular complexity index is 1260. The summed E-state index contributed by atoms with van der Waals surface area (Å²) in [5.41, 5.74) is 11.0. The van der Waals surface area contributed by atoms with Gasteiger partial charge in [0.1, 0.15) is 0 Å². The molecule has 2 aromatic carbocycles. The number of aromatic nitrogens is 2. The number of carbonyl (C=O) groups excluding carboxylic acids is 2. The predicted octanol–water partition coefficient (Wildman–Crippen LogP) is 6.61. The molecule has 0 fully saturated rings. The van der Waals surface area contributed by atoms with Crippen molar-refractivity contribution in [1.82, 2.24) is 14.9 Å². The van der Waals surface area contributed by atoms with Gasteiger partial charge < -0.3 is 30.4 Å². The van der Waals surface area contributed by atoms with Gasteiger partial charge in [-0.05, 0) is 56.2 Å². The Balaban J connectivity index is 1.82. The second-order valence-electron chi connectivity index (χ2n) is 9.78. The van der Waals surface area contributed by atoms with Crippen LogP contribution in [0.5, 0.6) is 11.5 Å². The fraction of sp³-hybridized carbons (Fsp3) is 0.452. The van der Waals surface area contributed by atoms with Gasteiger partial charge >= 0.3 is 12.1 Å². The maximum atomic E-state index is 12.7. The summed E-state index contributed by atoms with van der Waals surface area (Å²) < 4.78 is 13.7. The van der Waals surface area contributed by atoms with Gasteiger partial charge in [0.25, 0.3) is 0 Å². The van der Waals surface area contributed by atoms with E-state index in [0.29, 0.717) is 37.6 Å². The van der Waals surface area contributed by atoms with E-state index >= 15 is 0 Å². The third-order valence-electron chi connectivity index (χ3n) is 6.80. The van der Waals surface area contributed by atoms with Crippen molar-refractivity contribution in [3.8, 4) is 22.8 Å². The largest absolute Gasteiger partial charge is 0.488 e. The number of hydrogen-bond donors (Lipinski definition) is 3. The number of rotatable bonds is 15. The molecular weight excluding hydrogens is 506 g/mol. The fourth-order valence-electron chi connectivity index (χ4n) is 4.64. The first-order valence-electron chi connectivity index (χ1n) is 14.3. The highest BCUT2D eigenvalue weighted by atomic mass is 16.6. The molecule has 4 N–H and O–H groups in total. The monoisotopic (exact) mass is 549 g/mol. The van der Waals surface area contributed by atoms with E-state index in [1.54, 1.807) is 6.07 Å². The van der Waals surface area contributed by atoms with Gasteiger partial charge in [-0.15, -0.1) is 0 Å². The zero-order chi connectivity index (χ0) is 28.9. The van der Waals surface area contributed by atoms with Gasteiger partial charge in [-0.3, -0.25) is 0 Å². The molecule has 40 heavy (non-hydrogen) atoms. The van der Waals surface area contributed by atoms with Crippen molar-refractivity contribution in [2.45, 2.75) is 79.2 Å². The minimum absolute atomic E-state index is 0.205. The molecular formula is C31H43N5O4. The quantitative estimate of drug-likeness (QED) is 0.184. The van der Waals surface area contributed by atoms with Crippen LogP contribution in [0.25, 0.3) is 11.3 Å². The first-order chi connectivity index (χ1) is 19.4. The molecule has 3 rings (SSSR count). The second kappa shape index (κ2) is 15.5. The molecule has 0 bridgehead atoms. The van der Waals surface area contributed by atoms with Gasteiger partial charge in [0.15, 0.2) is 11.5 Å². The number of anilines is 1. The Kier molecular flexibility index (Phi) is 11.9. The van der Waals surface area contributed by atoms with Crippen LogP contribution in [0.4, 0.5) is 15.3 Å². The minimum atomic E-state index is -0.937. The number of nitrogens with two attached hydrogens (primary N) is 1. The van der Waals surface area contributed by atoms with E-state index < -0.39 is 6.09 Å². The van der Waals surface area contributed by atoms with E-state index in [4.69, 9.17) is 15.2 Å². The highest BCUT2D eigenvalue weighted by Crippen LogP contribution is 2.41. The molecule has 3 amide bonds. The van der Waals surface area contributed by atoms with E-state index in [1.807, 2.05) is 31.5 Å². The van der Waals surface area contributed by atoms with Crippen LogP contribution in [0.1, 0.15) is 69.7 Å². The minimum Gasteiger partial charge on any atom is -0.488 e. The summed E-state index contributed by atoms with van der Waals surface area (Å²) in [4.78, 5) is 29.2. The van der Waals surface area contributed by atoms with Crippen LogP contribution in [0.3, 0.4) is 0 Å². The van der Waals surface area contributed by atoms with E-state index in [-0.39, 0.29) is 11.8 Å². The first-order valence-corrected chi connectivity index (χ1v) is 14.3. The summed E-state index contributed by atoms with van der Waals surface area (Å²) >= 11 is 0. The Morgan fingerprint density at radius 2 is 1.80 bits per heavy atom. The Hall–Kier alpha value is -4.01. The van der Waals surface area contributed by atoms with Gasteiger partial charge in [0, 0.05) is 24.3 Å². The molecule has 0 atom stereocenters. The summed E-state index contributed by atoms with van der Waals surface area (Å²) in [6.45, 7) is 9.83. The number of ether oxygens (including phenoxy) is 2. The summed E-state index contributed by atoms with van der Waals surface area (Å²) in [6.07, 6.45) is 7.03. The molecule has 0 aliphatic carbocycles. The molecule has 0 radical (unpaired) electrons. The molecule has 9 nitrogen and oxygen atoms in total. The standard InChI is InChI=1S/C31H43N5O4/c1-5-8-14-24-20-26(40-30(32)37)29(27(22(24)4)35-31(38)33-17-9-6-2)39-19-13-18-36-21-34-28(25(36)7-3)23-15-11-10-12-16-23/h10-12,15-16,20-21H,5-9,13-14,17-19H2,1-4H3,(H2,32,37)(H2,33,35,38). The fourth-order valence-corrected chi connectivity index (χ4v) is 4.64. The van der Waals surface area contributed by atoms with Crippen LogP contribution in [-0.2, 0) is 19.4 Å². The normalized spacial score (nSPS) is 10.8. The number of primary amides is 1. The van der Waals surface area contributed by atoms with Gasteiger partial charge in [-0.2, -0.15) is 0 Å². The van der Waals surface area contributed by atoms with Crippen LogP contribution in [0.15, 0.2) is 42.7 Å². The van der Waals surface area contributed by atoms with E-state index in [2.05, 4.69) is 53.1 Å². The third kappa shape index (κ3) is 8.24. The van der Waals surface area contributed by atoms with Crippen LogP contribution in [0.2, 0.25) is 0 Å². The summed E-state index contributed by atoms with van der Waals surface area (Å²) in [6, 6.07) is 11.6. The second-order valence-corrected chi connectivity index (χ2v) is 9.78. The summed E-state index contributed by atoms with van der Waals surface area (Å²) in [5, 5.41) is 5.82. The average Bonchev–Trinajstić information content (AvgIpc) is 3.36. The number of amides is 3. The highest BCUT2D eigenvalue weighted by molar-refractivity contribution is 5.93. The lowest BCUT2D eigenvalue weighted by molar-refractivity contribution is 0.206. The van der Waals surface area contributed by atoms with Crippen molar-refractivity contribution in [3.05, 3.63) is 59.5 Å².